The van der Waals surface area contributed by atoms with Gasteiger partial charge in [0, 0.05) is 18.6 Å². The Morgan fingerprint density at radius 2 is 1.78 bits per heavy atom. The molecule has 0 spiro atoms. The lowest BCUT2D eigenvalue weighted by atomic mass is 9.98. The normalized spacial score (nSPS) is 13.4. The lowest BCUT2D eigenvalue weighted by molar-refractivity contribution is 0.237. The first-order valence-corrected chi connectivity index (χ1v) is 9.54. The van der Waals surface area contributed by atoms with Crippen LogP contribution in [0.2, 0.25) is 0 Å². The van der Waals surface area contributed by atoms with Crippen LogP contribution in [-0.4, -0.2) is 39.3 Å². The highest BCUT2D eigenvalue weighted by molar-refractivity contribution is 7.88. The molecule has 3 N–H and O–H groups in total. The van der Waals surface area contributed by atoms with E-state index in [1.54, 1.807) is 13.8 Å². The second kappa shape index (κ2) is 8.31. The van der Waals surface area contributed by atoms with Crippen LogP contribution in [0.4, 0.5) is 4.79 Å². The summed E-state index contributed by atoms with van der Waals surface area (Å²) in [5, 5.41) is 5.47. The molecule has 1 rings (SSSR count). The van der Waals surface area contributed by atoms with Gasteiger partial charge >= 0.3 is 6.03 Å². The Hall–Kier alpha value is -1.60. The minimum atomic E-state index is -3.31. The van der Waals surface area contributed by atoms with E-state index in [1.807, 2.05) is 18.2 Å². The highest BCUT2D eigenvalue weighted by atomic mass is 32.2. The number of urea groups is 1. The minimum Gasteiger partial charge on any atom is -0.338 e. The van der Waals surface area contributed by atoms with Crippen LogP contribution >= 0.6 is 0 Å². The average Bonchev–Trinajstić information content (AvgIpc) is 2.43. The van der Waals surface area contributed by atoms with Crippen molar-refractivity contribution in [2.24, 2.45) is 0 Å². The van der Waals surface area contributed by atoms with Gasteiger partial charge in [-0.3, -0.25) is 0 Å². The van der Waals surface area contributed by atoms with Crippen molar-refractivity contribution >= 4 is 16.1 Å². The van der Waals surface area contributed by atoms with Gasteiger partial charge in [0.05, 0.1) is 6.26 Å². The zero-order valence-corrected chi connectivity index (χ0v) is 15.0. The number of carbonyl (C=O) groups excluding carboxylic acids is 1. The first-order valence-electron chi connectivity index (χ1n) is 7.65. The molecule has 0 heterocycles. The maximum atomic E-state index is 11.8. The standard InChI is InChI=1S/C16H27N3O3S/c1-13(14-8-6-5-7-9-14)10-11-17-15(20)18-12-16(2,3)19-23(4,21)22/h5-9,13,19H,10-12H2,1-4H3,(H2,17,18,20)/t13-/m1/s1. The number of amides is 2. The lowest BCUT2D eigenvalue weighted by Gasteiger charge is -2.25. The Labute approximate surface area is 139 Å². The third-order valence-electron chi connectivity index (χ3n) is 3.38. The number of rotatable bonds is 8. The topological polar surface area (TPSA) is 87.3 Å². The second-order valence-electron chi connectivity index (χ2n) is 6.47. The summed E-state index contributed by atoms with van der Waals surface area (Å²) in [6, 6.07) is 9.84. The summed E-state index contributed by atoms with van der Waals surface area (Å²) >= 11 is 0. The van der Waals surface area contributed by atoms with E-state index in [9.17, 15) is 13.2 Å². The quantitative estimate of drug-likeness (QED) is 0.674. The number of hydrogen-bond donors (Lipinski definition) is 3. The van der Waals surface area contributed by atoms with E-state index in [2.05, 4.69) is 34.4 Å². The van der Waals surface area contributed by atoms with Gasteiger partial charge in [0.2, 0.25) is 10.0 Å². The Morgan fingerprint density at radius 3 is 2.35 bits per heavy atom. The molecule has 0 unspecified atom stereocenters. The highest BCUT2D eigenvalue weighted by Crippen LogP contribution is 2.17. The van der Waals surface area contributed by atoms with Crippen LogP contribution in [-0.2, 0) is 10.0 Å². The van der Waals surface area contributed by atoms with Gasteiger partial charge in [-0.1, -0.05) is 37.3 Å². The first kappa shape index (κ1) is 19.4. The fourth-order valence-electron chi connectivity index (χ4n) is 2.25. The molecule has 0 saturated carbocycles. The lowest BCUT2D eigenvalue weighted by Crippen LogP contribution is -2.52. The van der Waals surface area contributed by atoms with E-state index in [0.717, 1.165) is 12.7 Å². The van der Waals surface area contributed by atoms with E-state index < -0.39 is 15.6 Å². The van der Waals surface area contributed by atoms with Gasteiger partial charge in [-0.15, -0.1) is 0 Å². The summed E-state index contributed by atoms with van der Waals surface area (Å²) in [5.41, 5.74) is 0.510. The van der Waals surface area contributed by atoms with Gasteiger partial charge in [0.25, 0.3) is 0 Å². The Morgan fingerprint density at radius 1 is 1.17 bits per heavy atom. The minimum absolute atomic E-state index is 0.208. The molecule has 0 aliphatic rings. The largest absolute Gasteiger partial charge is 0.338 e. The average molecular weight is 341 g/mol. The summed E-state index contributed by atoms with van der Waals surface area (Å²) in [6.45, 7) is 6.31. The molecule has 130 valence electrons. The number of sulfonamides is 1. The van der Waals surface area contributed by atoms with E-state index in [1.165, 1.54) is 5.56 Å². The third-order valence-corrected chi connectivity index (χ3v) is 4.31. The predicted molar refractivity (Wildman–Crippen MR) is 92.9 cm³/mol. The summed E-state index contributed by atoms with van der Waals surface area (Å²) in [4.78, 5) is 11.8. The van der Waals surface area contributed by atoms with Gasteiger partial charge in [-0.05, 0) is 31.7 Å². The Kier molecular flexibility index (Phi) is 7.02. The first-order chi connectivity index (χ1) is 10.6. The van der Waals surface area contributed by atoms with Crippen LogP contribution in [0.15, 0.2) is 30.3 Å². The number of carbonyl (C=O) groups is 1. The van der Waals surface area contributed by atoms with Crippen molar-refractivity contribution < 1.29 is 13.2 Å². The van der Waals surface area contributed by atoms with E-state index >= 15 is 0 Å². The summed E-state index contributed by atoms with van der Waals surface area (Å²) in [5.74, 6) is 0.361. The van der Waals surface area contributed by atoms with Crippen molar-refractivity contribution in [3.63, 3.8) is 0 Å². The molecule has 0 radical (unpaired) electrons. The Bertz CT molecular complexity index is 600. The fraction of sp³-hybridized carbons (Fsp3) is 0.562. The third kappa shape index (κ3) is 8.56. The van der Waals surface area contributed by atoms with Crippen LogP contribution in [0.1, 0.15) is 38.7 Å². The molecule has 1 aromatic rings. The van der Waals surface area contributed by atoms with Crippen LogP contribution in [0, 0.1) is 0 Å². The highest BCUT2D eigenvalue weighted by Gasteiger charge is 2.22. The molecule has 0 aromatic heterocycles. The maximum absolute atomic E-state index is 11.8. The monoisotopic (exact) mass is 341 g/mol. The van der Waals surface area contributed by atoms with Gasteiger partial charge in [-0.2, -0.15) is 0 Å². The molecule has 2 amide bonds. The molecule has 0 saturated heterocycles. The molecule has 1 atom stereocenters. The van der Waals surface area contributed by atoms with Crippen molar-refractivity contribution in [1.82, 2.24) is 15.4 Å². The molecule has 0 fully saturated rings. The predicted octanol–water partition coefficient (Wildman–Crippen LogP) is 1.81. The summed E-state index contributed by atoms with van der Waals surface area (Å²) in [7, 11) is -3.31. The fourth-order valence-corrected chi connectivity index (χ4v) is 3.33. The van der Waals surface area contributed by atoms with Crippen LogP contribution in [0.25, 0.3) is 0 Å². The molecule has 0 aliphatic carbocycles. The van der Waals surface area contributed by atoms with Crippen molar-refractivity contribution in [1.29, 1.82) is 0 Å². The summed E-state index contributed by atoms with van der Waals surface area (Å²) in [6.07, 6.45) is 1.93. The SMILES string of the molecule is C[C@H](CCNC(=O)NCC(C)(C)NS(C)(=O)=O)c1ccccc1. The zero-order chi connectivity index (χ0) is 17.5. The van der Waals surface area contributed by atoms with Gasteiger partial charge in [0.1, 0.15) is 0 Å². The molecule has 7 heteroatoms. The molecular formula is C16H27N3O3S. The maximum Gasteiger partial charge on any atom is 0.314 e. The second-order valence-corrected chi connectivity index (χ2v) is 8.22. The van der Waals surface area contributed by atoms with Crippen molar-refractivity contribution in [2.45, 2.75) is 38.6 Å². The number of benzene rings is 1. The smallest absolute Gasteiger partial charge is 0.314 e. The van der Waals surface area contributed by atoms with Crippen molar-refractivity contribution in [3.05, 3.63) is 35.9 Å². The van der Waals surface area contributed by atoms with Gasteiger partial charge < -0.3 is 10.6 Å². The van der Waals surface area contributed by atoms with Crippen LogP contribution < -0.4 is 15.4 Å². The van der Waals surface area contributed by atoms with Crippen molar-refractivity contribution in [2.75, 3.05) is 19.3 Å². The van der Waals surface area contributed by atoms with Crippen LogP contribution in [0.3, 0.4) is 0 Å². The summed E-state index contributed by atoms with van der Waals surface area (Å²) < 4.78 is 24.9. The molecule has 23 heavy (non-hydrogen) atoms. The number of hydrogen-bond acceptors (Lipinski definition) is 3. The molecule has 6 nitrogen and oxygen atoms in total. The molecule has 0 bridgehead atoms. The Balaban J connectivity index is 2.29. The zero-order valence-electron chi connectivity index (χ0n) is 14.2. The molecule has 0 aliphatic heterocycles. The van der Waals surface area contributed by atoms with E-state index in [-0.39, 0.29) is 12.6 Å². The van der Waals surface area contributed by atoms with E-state index in [0.29, 0.717) is 12.5 Å². The molecule has 1 aromatic carbocycles. The van der Waals surface area contributed by atoms with Crippen molar-refractivity contribution in [3.8, 4) is 0 Å². The van der Waals surface area contributed by atoms with Gasteiger partial charge in [0.15, 0.2) is 0 Å². The van der Waals surface area contributed by atoms with Gasteiger partial charge in [-0.25, -0.2) is 17.9 Å². The molecular weight excluding hydrogens is 314 g/mol. The van der Waals surface area contributed by atoms with E-state index in [4.69, 9.17) is 0 Å². The van der Waals surface area contributed by atoms with Crippen LogP contribution in [0.5, 0.6) is 0 Å². The number of nitrogens with one attached hydrogen (secondary N) is 3.